The molecule has 17 heavy (non-hydrogen) atoms. The SMILES string of the molecule is CN(C)c1ccc(C=O)c(Nn2cnnc2)c1. The summed E-state index contributed by atoms with van der Waals surface area (Å²) < 4.78 is 1.59. The first-order valence-corrected chi connectivity index (χ1v) is 5.09. The number of hydrogen-bond acceptors (Lipinski definition) is 5. The Balaban J connectivity index is 2.35. The molecule has 2 rings (SSSR count). The lowest BCUT2D eigenvalue weighted by molar-refractivity contribution is 0.112. The van der Waals surface area contributed by atoms with E-state index in [2.05, 4.69) is 15.6 Å². The molecule has 88 valence electrons. The van der Waals surface area contributed by atoms with Crippen LogP contribution < -0.4 is 10.3 Å². The third-order valence-electron chi connectivity index (χ3n) is 2.35. The lowest BCUT2D eigenvalue weighted by Gasteiger charge is -2.15. The summed E-state index contributed by atoms with van der Waals surface area (Å²) in [6, 6.07) is 5.56. The summed E-state index contributed by atoms with van der Waals surface area (Å²) >= 11 is 0. The van der Waals surface area contributed by atoms with E-state index in [1.54, 1.807) is 10.7 Å². The molecule has 6 heteroatoms. The van der Waals surface area contributed by atoms with Crippen molar-refractivity contribution in [2.75, 3.05) is 24.4 Å². The summed E-state index contributed by atoms with van der Waals surface area (Å²) in [6.45, 7) is 0. The number of aromatic nitrogens is 3. The van der Waals surface area contributed by atoms with Crippen LogP contribution in [-0.2, 0) is 0 Å². The number of carbonyl (C=O) groups excluding carboxylic acids is 1. The number of nitrogens with one attached hydrogen (secondary N) is 1. The average Bonchev–Trinajstić information content (AvgIpc) is 2.81. The minimum atomic E-state index is 0.587. The molecule has 0 unspecified atom stereocenters. The molecule has 0 bridgehead atoms. The maximum atomic E-state index is 10.9. The molecule has 1 N–H and O–H groups in total. The fourth-order valence-corrected chi connectivity index (χ4v) is 1.42. The number of hydrogen-bond donors (Lipinski definition) is 1. The van der Waals surface area contributed by atoms with E-state index < -0.39 is 0 Å². The largest absolute Gasteiger partial charge is 0.378 e. The van der Waals surface area contributed by atoms with E-state index in [1.165, 1.54) is 12.7 Å². The molecule has 0 spiro atoms. The van der Waals surface area contributed by atoms with Crippen molar-refractivity contribution < 1.29 is 4.79 Å². The zero-order valence-corrected chi connectivity index (χ0v) is 9.66. The molecule has 0 amide bonds. The minimum absolute atomic E-state index is 0.587. The Bertz CT molecular complexity index is 507. The van der Waals surface area contributed by atoms with Crippen molar-refractivity contribution in [3.05, 3.63) is 36.4 Å². The first kappa shape index (κ1) is 11.1. The van der Waals surface area contributed by atoms with Gasteiger partial charge in [-0.2, -0.15) is 0 Å². The van der Waals surface area contributed by atoms with Gasteiger partial charge in [0.1, 0.15) is 12.7 Å². The van der Waals surface area contributed by atoms with Gasteiger partial charge in [-0.15, -0.1) is 10.2 Å². The Hall–Kier alpha value is -2.37. The highest BCUT2D eigenvalue weighted by Gasteiger charge is 2.05. The van der Waals surface area contributed by atoms with E-state index in [4.69, 9.17) is 0 Å². The van der Waals surface area contributed by atoms with Gasteiger partial charge in [-0.05, 0) is 18.2 Å². The van der Waals surface area contributed by atoms with E-state index >= 15 is 0 Å². The molecule has 0 fully saturated rings. The molecular weight excluding hydrogens is 218 g/mol. The number of nitrogens with zero attached hydrogens (tertiary/aromatic N) is 4. The van der Waals surface area contributed by atoms with Gasteiger partial charge < -0.3 is 4.90 Å². The monoisotopic (exact) mass is 231 g/mol. The summed E-state index contributed by atoms with van der Waals surface area (Å²) in [4.78, 5) is 12.9. The number of aldehydes is 1. The van der Waals surface area contributed by atoms with Crippen LogP contribution in [0.5, 0.6) is 0 Å². The molecule has 1 aromatic heterocycles. The average molecular weight is 231 g/mol. The highest BCUT2D eigenvalue weighted by molar-refractivity contribution is 5.85. The second kappa shape index (κ2) is 4.65. The van der Waals surface area contributed by atoms with Crippen molar-refractivity contribution in [2.45, 2.75) is 0 Å². The van der Waals surface area contributed by atoms with Crippen LogP contribution in [0.1, 0.15) is 10.4 Å². The minimum Gasteiger partial charge on any atom is -0.378 e. The van der Waals surface area contributed by atoms with Crippen molar-refractivity contribution in [1.82, 2.24) is 14.9 Å². The van der Waals surface area contributed by atoms with Gasteiger partial charge >= 0.3 is 0 Å². The highest BCUT2D eigenvalue weighted by Crippen LogP contribution is 2.21. The highest BCUT2D eigenvalue weighted by atomic mass is 16.1. The maximum absolute atomic E-state index is 10.9. The zero-order valence-electron chi connectivity index (χ0n) is 9.66. The molecule has 6 nitrogen and oxygen atoms in total. The molecule has 2 aromatic rings. The second-order valence-electron chi connectivity index (χ2n) is 3.76. The van der Waals surface area contributed by atoms with Gasteiger partial charge in [-0.25, -0.2) is 4.68 Å². The molecule has 0 radical (unpaired) electrons. The Morgan fingerprint density at radius 2 is 2.00 bits per heavy atom. The summed E-state index contributed by atoms with van der Waals surface area (Å²) in [5, 5.41) is 7.37. The first-order chi connectivity index (χ1) is 8.20. The number of benzene rings is 1. The Kier molecular flexibility index (Phi) is 3.04. The molecule has 0 saturated heterocycles. The van der Waals surface area contributed by atoms with Gasteiger partial charge in [0.25, 0.3) is 0 Å². The van der Waals surface area contributed by atoms with Crippen LogP contribution in [0.3, 0.4) is 0 Å². The molecule has 0 atom stereocenters. The van der Waals surface area contributed by atoms with Crippen LogP contribution in [0, 0.1) is 0 Å². The second-order valence-corrected chi connectivity index (χ2v) is 3.76. The standard InChI is InChI=1S/C11H13N5O/c1-15(2)10-4-3-9(6-17)11(5-10)14-16-7-12-13-8-16/h3-8,14H,1-2H3. The van der Waals surface area contributed by atoms with Crippen molar-refractivity contribution >= 4 is 17.7 Å². The Morgan fingerprint density at radius 3 is 2.59 bits per heavy atom. The van der Waals surface area contributed by atoms with E-state index in [0.29, 0.717) is 11.3 Å². The van der Waals surface area contributed by atoms with Gasteiger partial charge in [0, 0.05) is 25.3 Å². The maximum Gasteiger partial charge on any atom is 0.152 e. The zero-order chi connectivity index (χ0) is 12.3. The van der Waals surface area contributed by atoms with Crippen LogP contribution in [-0.4, -0.2) is 35.3 Å². The van der Waals surface area contributed by atoms with Gasteiger partial charge in [-0.3, -0.25) is 10.2 Å². The fraction of sp³-hybridized carbons (Fsp3) is 0.182. The van der Waals surface area contributed by atoms with Crippen LogP contribution in [0.4, 0.5) is 11.4 Å². The van der Waals surface area contributed by atoms with Gasteiger partial charge in [-0.1, -0.05) is 0 Å². The number of rotatable bonds is 4. The third-order valence-corrected chi connectivity index (χ3v) is 2.35. The lowest BCUT2D eigenvalue weighted by Crippen LogP contribution is -2.12. The van der Waals surface area contributed by atoms with E-state index in [9.17, 15) is 4.79 Å². The Morgan fingerprint density at radius 1 is 1.29 bits per heavy atom. The number of carbonyl (C=O) groups is 1. The van der Waals surface area contributed by atoms with Crippen molar-refractivity contribution in [1.29, 1.82) is 0 Å². The van der Waals surface area contributed by atoms with Crippen LogP contribution in [0.15, 0.2) is 30.9 Å². The van der Waals surface area contributed by atoms with E-state index in [1.807, 2.05) is 31.1 Å². The summed E-state index contributed by atoms with van der Waals surface area (Å²) in [5.74, 6) is 0. The molecule has 0 aliphatic carbocycles. The predicted molar refractivity (Wildman–Crippen MR) is 65.2 cm³/mol. The fourth-order valence-electron chi connectivity index (χ4n) is 1.42. The first-order valence-electron chi connectivity index (χ1n) is 5.09. The predicted octanol–water partition coefficient (Wildman–Crippen LogP) is 1.03. The van der Waals surface area contributed by atoms with Gasteiger partial charge in [0.05, 0.1) is 5.69 Å². The van der Waals surface area contributed by atoms with Gasteiger partial charge in [0.15, 0.2) is 6.29 Å². The normalized spacial score (nSPS) is 10.0. The van der Waals surface area contributed by atoms with E-state index in [-0.39, 0.29) is 0 Å². The van der Waals surface area contributed by atoms with Crippen molar-refractivity contribution in [2.24, 2.45) is 0 Å². The Labute approximate surface area is 98.9 Å². The van der Waals surface area contributed by atoms with Crippen LogP contribution in [0.25, 0.3) is 0 Å². The lowest BCUT2D eigenvalue weighted by atomic mass is 10.1. The molecule has 0 aliphatic rings. The van der Waals surface area contributed by atoms with Crippen molar-refractivity contribution in [3.8, 4) is 0 Å². The molecule has 0 aliphatic heterocycles. The summed E-state index contributed by atoms with van der Waals surface area (Å²) in [6.07, 6.45) is 3.86. The number of anilines is 2. The van der Waals surface area contributed by atoms with Crippen LogP contribution in [0.2, 0.25) is 0 Å². The summed E-state index contributed by atoms with van der Waals surface area (Å²) in [7, 11) is 3.89. The molecule has 1 aromatic carbocycles. The van der Waals surface area contributed by atoms with Crippen LogP contribution >= 0.6 is 0 Å². The smallest absolute Gasteiger partial charge is 0.152 e. The summed E-state index contributed by atoms with van der Waals surface area (Å²) in [5.41, 5.74) is 5.34. The molecular formula is C11H13N5O. The quantitative estimate of drug-likeness (QED) is 0.796. The van der Waals surface area contributed by atoms with Crippen molar-refractivity contribution in [3.63, 3.8) is 0 Å². The molecule has 1 heterocycles. The topological polar surface area (TPSA) is 63.1 Å². The van der Waals surface area contributed by atoms with Gasteiger partial charge in [0.2, 0.25) is 0 Å². The molecule has 0 saturated carbocycles. The van der Waals surface area contributed by atoms with E-state index in [0.717, 1.165) is 12.0 Å². The third kappa shape index (κ3) is 2.41.